The van der Waals surface area contributed by atoms with E-state index < -0.39 is 0 Å². The summed E-state index contributed by atoms with van der Waals surface area (Å²) in [4.78, 5) is 4.30. The molecule has 2 rings (SSSR count). The van der Waals surface area contributed by atoms with Gasteiger partial charge >= 0.3 is 0 Å². The Morgan fingerprint density at radius 1 is 1.54 bits per heavy atom. The zero-order chi connectivity index (χ0) is 9.26. The maximum atomic E-state index is 7.13. The number of hydrogen-bond acceptors (Lipinski definition) is 2. The van der Waals surface area contributed by atoms with Crippen LogP contribution >= 0.6 is 0 Å². The lowest BCUT2D eigenvalue weighted by Gasteiger charge is -1.89. The van der Waals surface area contributed by atoms with E-state index in [2.05, 4.69) is 4.98 Å². The van der Waals surface area contributed by atoms with Crippen molar-refractivity contribution in [1.29, 1.82) is 5.41 Å². The standard InChI is InChI=1S/C9H10N4/c10-8(11)5-7-6-13-4-2-1-3-9(13)12-7/h1-4,6H,5H2,(H3,10,11). The normalized spacial score (nSPS) is 10.5. The molecule has 0 atom stereocenters. The van der Waals surface area contributed by atoms with Crippen LogP contribution in [0.3, 0.4) is 0 Å². The smallest absolute Gasteiger partial charge is 0.136 e. The van der Waals surface area contributed by atoms with Crippen LogP contribution in [0.1, 0.15) is 5.69 Å². The van der Waals surface area contributed by atoms with Crippen LogP contribution in [0.4, 0.5) is 0 Å². The molecule has 66 valence electrons. The fourth-order valence-corrected chi connectivity index (χ4v) is 1.27. The first kappa shape index (κ1) is 7.79. The van der Waals surface area contributed by atoms with E-state index in [1.807, 2.05) is 35.0 Å². The predicted octanol–water partition coefficient (Wildman–Crippen LogP) is 0.813. The Morgan fingerprint density at radius 3 is 3.08 bits per heavy atom. The fourth-order valence-electron chi connectivity index (χ4n) is 1.27. The lowest BCUT2D eigenvalue weighted by atomic mass is 10.3. The largest absolute Gasteiger partial charge is 0.387 e. The van der Waals surface area contributed by atoms with E-state index in [0.717, 1.165) is 11.3 Å². The Balaban J connectivity index is 2.44. The maximum Gasteiger partial charge on any atom is 0.136 e. The van der Waals surface area contributed by atoms with Gasteiger partial charge in [-0.1, -0.05) is 6.07 Å². The molecule has 4 heteroatoms. The zero-order valence-electron chi connectivity index (χ0n) is 7.07. The summed E-state index contributed by atoms with van der Waals surface area (Å²) in [6.45, 7) is 0. The molecule has 0 amide bonds. The number of nitrogens with zero attached hydrogens (tertiary/aromatic N) is 2. The number of nitrogens with one attached hydrogen (secondary N) is 1. The Labute approximate surface area is 75.5 Å². The minimum absolute atomic E-state index is 0.142. The first-order chi connectivity index (χ1) is 6.25. The molecule has 0 saturated heterocycles. The number of hydrogen-bond donors (Lipinski definition) is 2. The number of rotatable bonds is 2. The van der Waals surface area contributed by atoms with Crippen molar-refractivity contribution in [3.05, 3.63) is 36.3 Å². The van der Waals surface area contributed by atoms with Gasteiger partial charge in [-0.3, -0.25) is 5.41 Å². The number of fused-ring (bicyclic) bond motifs is 1. The van der Waals surface area contributed by atoms with Gasteiger partial charge in [0.25, 0.3) is 0 Å². The van der Waals surface area contributed by atoms with Crippen LogP contribution in [0, 0.1) is 5.41 Å². The SMILES string of the molecule is N=C(N)Cc1cn2ccccc2n1. The number of aromatic nitrogens is 2. The quantitative estimate of drug-likeness (QED) is 0.522. The molecule has 0 spiro atoms. The van der Waals surface area contributed by atoms with Crippen molar-refractivity contribution in [2.45, 2.75) is 6.42 Å². The zero-order valence-corrected chi connectivity index (χ0v) is 7.07. The van der Waals surface area contributed by atoms with Crippen LogP contribution < -0.4 is 5.73 Å². The monoisotopic (exact) mass is 174 g/mol. The summed E-state index contributed by atoms with van der Waals surface area (Å²) in [5, 5.41) is 7.13. The Kier molecular flexibility index (Phi) is 1.73. The van der Waals surface area contributed by atoms with E-state index >= 15 is 0 Å². The molecule has 2 aromatic heterocycles. The predicted molar refractivity (Wildman–Crippen MR) is 50.8 cm³/mol. The molecule has 0 aliphatic carbocycles. The van der Waals surface area contributed by atoms with Gasteiger partial charge in [0.1, 0.15) is 5.65 Å². The van der Waals surface area contributed by atoms with Gasteiger partial charge in [-0.05, 0) is 12.1 Å². The molecule has 3 N–H and O–H groups in total. The topological polar surface area (TPSA) is 67.2 Å². The molecule has 13 heavy (non-hydrogen) atoms. The van der Waals surface area contributed by atoms with Crippen LogP contribution in [0.5, 0.6) is 0 Å². The van der Waals surface area contributed by atoms with Gasteiger partial charge in [0.15, 0.2) is 0 Å². The van der Waals surface area contributed by atoms with Crippen molar-refractivity contribution in [1.82, 2.24) is 9.38 Å². The second kappa shape index (κ2) is 2.90. The summed E-state index contributed by atoms with van der Waals surface area (Å²) in [5.41, 5.74) is 7.00. The highest BCUT2D eigenvalue weighted by atomic mass is 15.0. The van der Waals surface area contributed by atoms with Crippen LogP contribution in [0.15, 0.2) is 30.6 Å². The van der Waals surface area contributed by atoms with Crippen LogP contribution in [-0.4, -0.2) is 15.2 Å². The second-order valence-corrected chi connectivity index (χ2v) is 2.90. The van der Waals surface area contributed by atoms with Gasteiger partial charge < -0.3 is 10.1 Å². The number of nitrogens with two attached hydrogens (primary N) is 1. The molecule has 0 fully saturated rings. The van der Waals surface area contributed by atoms with Crippen molar-refractivity contribution < 1.29 is 0 Å². The van der Waals surface area contributed by atoms with Crippen molar-refractivity contribution >= 4 is 11.5 Å². The highest BCUT2D eigenvalue weighted by molar-refractivity contribution is 5.79. The molecular weight excluding hydrogens is 164 g/mol. The van der Waals surface area contributed by atoms with Gasteiger partial charge in [0, 0.05) is 18.8 Å². The molecule has 0 saturated carbocycles. The summed E-state index contributed by atoms with van der Waals surface area (Å²) in [6, 6.07) is 5.79. The first-order valence-corrected chi connectivity index (χ1v) is 4.01. The van der Waals surface area contributed by atoms with Gasteiger partial charge in [0.2, 0.25) is 0 Å². The average Bonchev–Trinajstić information content (AvgIpc) is 2.44. The second-order valence-electron chi connectivity index (χ2n) is 2.90. The Bertz CT molecular complexity index is 411. The highest BCUT2D eigenvalue weighted by Gasteiger charge is 2.00. The molecular formula is C9H10N4. The molecule has 0 bridgehead atoms. The Morgan fingerprint density at radius 2 is 2.38 bits per heavy atom. The van der Waals surface area contributed by atoms with Crippen LogP contribution in [0.25, 0.3) is 5.65 Å². The summed E-state index contributed by atoms with van der Waals surface area (Å²) in [7, 11) is 0. The molecule has 2 aromatic rings. The van der Waals surface area contributed by atoms with Gasteiger partial charge in [-0.15, -0.1) is 0 Å². The molecule has 0 aliphatic rings. The third kappa shape index (κ3) is 1.51. The van der Waals surface area contributed by atoms with Crippen molar-refractivity contribution in [3.63, 3.8) is 0 Å². The minimum Gasteiger partial charge on any atom is -0.387 e. The van der Waals surface area contributed by atoms with E-state index in [1.54, 1.807) is 0 Å². The third-order valence-electron chi connectivity index (χ3n) is 1.79. The van der Waals surface area contributed by atoms with Crippen molar-refractivity contribution in [2.24, 2.45) is 5.73 Å². The van der Waals surface area contributed by atoms with E-state index in [9.17, 15) is 0 Å². The highest BCUT2D eigenvalue weighted by Crippen LogP contribution is 2.04. The summed E-state index contributed by atoms with van der Waals surface area (Å²) >= 11 is 0. The molecule has 2 heterocycles. The number of amidine groups is 1. The van der Waals surface area contributed by atoms with Gasteiger partial charge in [-0.25, -0.2) is 4.98 Å². The van der Waals surface area contributed by atoms with Crippen molar-refractivity contribution in [3.8, 4) is 0 Å². The summed E-state index contributed by atoms with van der Waals surface area (Å²) in [6.07, 6.45) is 4.23. The summed E-state index contributed by atoms with van der Waals surface area (Å²) in [5.74, 6) is 0.142. The number of pyridine rings is 1. The Hall–Kier alpha value is -1.84. The maximum absolute atomic E-state index is 7.13. The van der Waals surface area contributed by atoms with Crippen LogP contribution in [0.2, 0.25) is 0 Å². The molecule has 0 radical (unpaired) electrons. The molecule has 4 nitrogen and oxygen atoms in total. The van der Waals surface area contributed by atoms with Crippen LogP contribution in [-0.2, 0) is 6.42 Å². The summed E-state index contributed by atoms with van der Waals surface area (Å²) < 4.78 is 1.91. The average molecular weight is 174 g/mol. The van der Waals surface area contributed by atoms with Gasteiger partial charge in [-0.2, -0.15) is 0 Å². The molecule has 0 aliphatic heterocycles. The fraction of sp³-hybridized carbons (Fsp3) is 0.111. The third-order valence-corrected chi connectivity index (χ3v) is 1.79. The molecule has 0 unspecified atom stereocenters. The van der Waals surface area contributed by atoms with Gasteiger partial charge in [0.05, 0.1) is 11.5 Å². The van der Waals surface area contributed by atoms with E-state index in [4.69, 9.17) is 11.1 Å². The van der Waals surface area contributed by atoms with E-state index in [0.29, 0.717) is 6.42 Å². The van der Waals surface area contributed by atoms with Crippen molar-refractivity contribution in [2.75, 3.05) is 0 Å². The first-order valence-electron chi connectivity index (χ1n) is 4.01. The lowest BCUT2D eigenvalue weighted by Crippen LogP contribution is -2.12. The van der Waals surface area contributed by atoms with E-state index in [-0.39, 0.29) is 5.84 Å². The minimum atomic E-state index is 0.142. The lowest BCUT2D eigenvalue weighted by molar-refractivity contribution is 1.16. The van der Waals surface area contributed by atoms with E-state index in [1.165, 1.54) is 0 Å². The number of imidazole rings is 1. The molecule has 0 aromatic carbocycles.